The molecule has 0 bridgehead atoms. The Labute approximate surface area is 172 Å². The first kappa shape index (κ1) is 19.6. The van der Waals surface area contributed by atoms with Crippen molar-refractivity contribution in [3.63, 3.8) is 0 Å². The number of allylic oxidation sites excluding steroid dienone is 1. The predicted molar refractivity (Wildman–Crippen MR) is 117 cm³/mol. The van der Waals surface area contributed by atoms with Crippen molar-refractivity contribution in [2.75, 3.05) is 19.6 Å². The Bertz CT molecular complexity index is 984. The van der Waals surface area contributed by atoms with Gasteiger partial charge in [-0.3, -0.25) is 4.79 Å². The monoisotopic (exact) mass is 389 g/mol. The first-order valence-corrected chi connectivity index (χ1v) is 10.6. The van der Waals surface area contributed by atoms with Crippen molar-refractivity contribution < 1.29 is 14.8 Å². The van der Waals surface area contributed by atoms with Gasteiger partial charge in [0.15, 0.2) is 5.78 Å². The lowest BCUT2D eigenvalue weighted by Crippen LogP contribution is -3.13. The Kier molecular flexibility index (Phi) is 6.23. The summed E-state index contributed by atoms with van der Waals surface area (Å²) in [6.07, 6.45) is 9.04. The Morgan fingerprint density at radius 2 is 1.76 bits per heavy atom. The number of piperidine rings is 1. The van der Waals surface area contributed by atoms with Crippen LogP contribution in [0.1, 0.15) is 35.2 Å². The molecule has 0 spiro atoms. The van der Waals surface area contributed by atoms with Gasteiger partial charge in [0.1, 0.15) is 12.6 Å². The van der Waals surface area contributed by atoms with Gasteiger partial charge in [0.2, 0.25) is 0 Å². The zero-order valence-corrected chi connectivity index (χ0v) is 16.8. The summed E-state index contributed by atoms with van der Waals surface area (Å²) < 4.78 is 2.12. The minimum absolute atomic E-state index is 0.00355. The van der Waals surface area contributed by atoms with Crippen LogP contribution in [0.5, 0.6) is 0 Å². The Morgan fingerprint density at radius 1 is 1.03 bits per heavy atom. The van der Waals surface area contributed by atoms with Crippen molar-refractivity contribution in [3.8, 4) is 0 Å². The number of hydrogen-bond donors (Lipinski definition) is 2. The lowest BCUT2D eigenvalue weighted by molar-refractivity contribution is -0.908. The number of carbonyl (C=O) groups is 1. The van der Waals surface area contributed by atoms with E-state index >= 15 is 0 Å². The van der Waals surface area contributed by atoms with Crippen LogP contribution in [0, 0.1) is 0 Å². The fourth-order valence-electron chi connectivity index (χ4n) is 4.30. The van der Waals surface area contributed by atoms with Crippen LogP contribution in [0.3, 0.4) is 0 Å². The summed E-state index contributed by atoms with van der Waals surface area (Å²) >= 11 is 0. The summed E-state index contributed by atoms with van der Waals surface area (Å²) in [6, 6.07) is 17.5. The Hall–Kier alpha value is -2.69. The molecule has 4 nitrogen and oxygen atoms in total. The maximum atomic E-state index is 12.4. The fraction of sp³-hybridized carbons (Fsp3) is 0.320. The van der Waals surface area contributed by atoms with Crippen molar-refractivity contribution in [3.05, 3.63) is 78.0 Å². The molecule has 4 heteroatoms. The topological polar surface area (TPSA) is 46.7 Å². The summed E-state index contributed by atoms with van der Waals surface area (Å²) in [5, 5.41) is 11.8. The molecular weight excluding hydrogens is 360 g/mol. The van der Waals surface area contributed by atoms with Gasteiger partial charge < -0.3 is 14.6 Å². The molecule has 3 aromatic rings. The molecule has 2 heterocycles. The van der Waals surface area contributed by atoms with E-state index in [1.165, 1.54) is 37.3 Å². The average Bonchev–Trinajstić information content (AvgIpc) is 3.11. The molecule has 1 saturated heterocycles. The number of aliphatic hydroxyl groups is 1. The highest BCUT2D eigenvalue weighted by atomic mass is 16.3. The molecule has 0 saturated carbocycles. The fourth-order valence-corrected chi connectivity index (χ4v) is 4.30. The van der Waals surface area contributed by atoms with Crippen LogP contribution in [-0.2, 0) is 6.54 Å². The van der Waals surface area contributed by atoms with E-state index in [0.29, 0.717) is 12.1 Å². The number of benzene rings is 2. The third-order valence-corrected chi connectivity index (χ3v) is 5.78. The van der Waals surface area contributed by atoms with E-state index < -0.39 is 0 Å². The minimum Gasteiger partial charge on any atom is -0.385 e. The quantitative estimate of drug-likeness (QED) is 0.482. The first-order valence-electron chi connectivity index (χ1n) is 10.6. The highest BCUT2D eigenvalue weighted by Crippen LogP contribution is 2.23. The Balaban J connectivity index is 1.52. The maximum Gasteiger partial charge on any atom is 0.185 e. The zero-order chi connectivity index (χ0) is 20.1. The molecule has 1 aliphatic rings. The predicted octanol–water partition coefficient (Wildman–Crippen LogP) is 2.97. The number of fused-ring (bicyclic) bond motifs is 1. The normalized spacial score (nSPS) is 16.4. The highest BCUT2D eigenvalue weighted by molar-refractivity contribution is 6.07. The van der Waals surface area contributed by atoms with E-state index in [0.717, 1.165) is 23.0 Å². The third-order valence-electron chi connectivity index (χ3n) is 5.78. The van der Waals surface area contributed by atoms with Crippen molar-refractivity contribution in [2.24, 2.45) is 0 Å². The minimum atomic E-state index is -0.373. The van der Waals surface area contributed by atoms with Gasteiger partial charge in [-0.05, 0) is 37.5 Å². The number of quaternary nitrogens is 1. The molecule has 1 aliphatic heterocycles. The molecule has 29 heavy (non-hydrogen) atoms. The summed E-state index contributed by atoms with van der Waals surface area (Å²) in [4.78, 5) is 13.9. The van der Waals surface area contributed by atoms with Crippen LogP contribution in [0.25, 0.3) is 17.0 Å². The average molecular weight is 390 g/mol. The van der Waals surface area contributed by atoms with Gasteiger partial charge in [-0.15, -0.1) is 0 Å². The van der Waals surface area contributed by atoms with Crippen molar-refractivity contribution >= 4 is 22.8 Å². The number of nitrogens with one attached hydrogen (secondary N) is 1. The van der Waals surface area contributed by atoms with Gasteiger partial charge >= 0.3 is 0 Å². The van der Waals surface area contributed by atoms with Crippen LogP contribution in [-0.4, -0.2) is 41.2 Å². The van der Waals surface area contributed by atoms with Crippen molar-refractivity contribution in [1.29, 1.82) is 0 Å². The number of rotatable bonds is 7. The zero-order valence-electron chi connectivity index (χ0n) is 16.8. The highest BCUT2D eigenvalue weighted by Gasteiger charge is 2.19. The summed E-state index contributed by atoms with van der Waals surface area (Å²) in [5.41, 5.74) is 2.78. The maximum absolute atomic E-state index is 12.4. The van der Waals surface area contributed by atoms with Crippen LogP contribution < -0.4 is 4.90 Å². The second-order valence-electron chi connectivity index (χ2n) is 7.99. The van der Waals surface area contributed by atoms with E-state index in [2.05, 4.69) is 16.7 Å². The molecule has 0 unspecified atom stereocenters. The number of carbonyl (C=O) groups excluding carboxylic acids is 1. The number of ketones is 1. The molecule has 2 N–H and O–H groups in total. The van der Waals surface area contributed by atoms with Crippen LogP contribution in [0.15, 0.2) is 66.9 Å². The molecule has 2 aromatic carbocycles. The number of aliphatic hydroxyl groups excluding tert-OH is 1. The standard InChI is InChI=1S/C25H28N2O2/c28-22(18-26-15-7-2-8-16-26)19-27-17-21(23-11-5-6-12-24(23)27)13-14-25(29)20-9-3-1-4-10-20/h1,3-6,9-14,17,22,28H,2,7-8,15-16,18-19H2/p+1/b14-13+/t22-/m1/s1. The van der Waals surface area contributed by atoms with Crippen molar-refractivity contribution in [2.45, 2.75) is 31.9 Å². The van der Waals surface area contributed by atoms with Gasteiger partial charge in [0.05, 0.1) is 19.6 Å². The number of nitrogens with zero attached hydrogens (tertiary/aromatic N) is 1. The van der Waals surface area contributed by atoms with Gasteiger partial charge in [-0.25, -0.2) is 0 Å². The molecular formula is C25H29N2O2+. The second kappa shape index (κ2) is 9.21. The van der Waals surface area contributed by atoms with E-state index in [4.69, 9.17) is 0 Å². The molecule has 1 fully saturated rings. The smallest absolute Gasteiger partial charge is 0.185 e. The lowest BCUT2D eigenvalue weighted by Gasteiger charge is -2.25. The largest absolute Gasteiger partial charge is 0.385 e. The van der Waals surface area contributed by atoms with Crippen LogP contribution in [0.4, 0.5) is 0 Å². The van der Waals surface area contributed by atoms with Gasteiger partial charge in [0.25, 0.3) is 0 Å². The summed E-state index contributed by atoms with van der Waals surface area (Å²) in [6.45, 7) is 3.70. The number of hydrogen-bond acceptors (Lipinski definition) is 2. The molecule has 150 valence electrons. The van der Waals surface area contributed by atoms with Gasteiger partial charge in [0, 0.05) is 28.2 Å². The first-order chi connectivity index (χ1) is 14.2. The molecule has 4 rings (SSSR count). The lowest BCUT2D eigenvalue weighted by atomic mass is 10.1. The third kappa shape index (κ3) is 4.84. The van der Waals surface area contributed by atoms with Gasteiger partial charge in [-0.2, -0.15) is 0 Å². The molecule has 1 aromatic heterocycles. The summed E-state index contributed by atoms with van der Waals surface area (Å²) in [7, 11) is 0. The SMILES string of the molecule is O=C(/C=C/c1cn(C[C@H](O)C[NH+]2CCCCC2)c2ccccc12)c1ccccc1. The second-order valence-corrected chi connectivity index (χ2v) is 7.99. The number of para-hydroxylation sites is 1. The number of aromatic nitrogens is 1. The van der Waals surface area contributed by atoms with Gasteiger partial charge in [-0.1, -0.05) is 48.5 Å². The Morgan fingerprint density at radius 3 is 2.55 bits per heavy atom. The number of likely N-dealkylation sites (tertiary alicyclic amines) is 1. The van der Waals surface area contributed by atoms with E-state index in [1.807, 2.05) is 54.7 Å². The van der Waals surface area contributed by atoms with E-state index in [1.54, 1.807) is 6.08 Å². The van der Waals surface area contributed by atoms with E-state index in [-0.39, 0.29) is 11.9 Å². The molecule has 0 radical (unpaired) electrons. The molecule has 0 amide bonds. The molecule has 0 aliphatic carbocycles. The molecule has 1 atom stereocenters. The van der Waals surface area contributed by atoms with Crippen LogP contribution >= 0.6 is 0 Å². The van der Waals surface area contributed by atoms with E-state index in [9.17, 15) is 9.90 Å². The van der Waals surface area contributed by atoms with Crippen molar-refractivity contribution in [1.82, 2.24) is 4.57 Å². The van der Waals surface area contributed by atoms with Crippen LogP contribution in [0.2, 0.25) is 0 Å². The summed E-state index contributed by atoms with van der Waals surface area (Å²) in [5.74, 6) is -0.00355.